The lowest BCUT2D eigenvalue weighted by Crippen LogP contribution is -2.38. The van der Waals surface area contributed by atoms with Crippen molar-refractivity contribution in [2.45, 2.75) is 52.5 Å². The van der Waals surface area contributed by atoms with E-state index in [-0.39, 0.29) is 0 Å². The molecule has 2 rings (SSSR count). The van der Waals surface area contributed by atoms with Crippen LogP contribution in [0.1, 0.15) is 46.5 Å². The maximum absolute atomic E-state index is 3.76. The van der Waals surface area contributed by atoms with Crippen molar-refractivity contribution in [3.05, 3.63) is 0 Å². The van der Waals surface area contributed by atoms with E-state index in [9.17, 15) is 0 Å². The van der Waals surface area contributed by atoms with Gasteiger partial charge in [0, 0.05) is 6.04 Å². The van der Waals surface area contributed by atoms with E-state index in [1.165, 1.54) is 32.2 Å². The van der Waals surface area contributed by atoms with Crippen molar-refractivity contribution in [2.24, 2.45) is 17.3 Å². The van der Waals surface area contributed by atoms with Gasteiger partial charge in [0.25, 0.3) is 0 Å². The maximum atomic E-state index is 3.76. The summed E-state index contributed by atoms with van der Waals surface area (Å²) in [7, 11) is 0. The predicted octanol–water partition coefficient (Wildman–Crippen LogP) is 2.81. The molecule has 1 nitrogen and oxygen atoms in total. The van der Waals surface area contributed by atoms with Gasteiger partial charge in [0.2, 0.25) is 0 Å². The molecular formula is C12H23N. The van der Waals surface area contributed by atoms with Crippen LogP contribution in [0.25, 0.3) is 0 Å². The van der Waals surface area contributed by atoms with Gasteiger partial charge in [-0.25, -0.2) is 0 Å². The van der Waals surface area contributed by atoms with Gasteiger partial charge in [-0.1, -0.05) is 27.2 Å². The average molecular weight is 181 g/mol. The maximum Gasteiger partial charge on any atom is 0.0118 e. The first-order chi connectivity index (χ1) is 6.09. The molecule has 2 aliphatic carbocycles. The highest BCUT2D eigenvalue weighted by atomic mass is 14.9. The van der Waals surface area contributed by atoms with Crippen molar-refractivity contribution < 1.29 is 0 Å². The van der Waals surface area contributed by atoms with Gasteiger partial charge in [0.1, 0.15) is 0 Å². The van der Waals surface area contributed by atoms with Gasteiger partial charge in [0.15, 0.2) is 0 Å². The van der Waals surface area contributed by atoms with Gasteiger partial charge >= 0.3 is 0 Å². The topological polar surface area (TPSA) is 12.0 Å². The second-order valence-corrected chi connectivity index (χ2v) is 5.81. The van der Waals surface area contributed by atoms with E-state index in [0.717, 1.165) is 17.9 Å². The van der Waals surface area contributed by atoms with E-state index in [0.29, 0.717) is 5.41 Å². The van der Waals surface area contributed by atoms with E-state index >= 15 is 0 Å². The van der Waals surface area contributed by atoms with Crippen LogP contribution in [0, 0.1) is 17.3 Å². The highest BCUT2D eigenvalue weighted by molar-refractivity contribution is 4.92. The van der Waals surface area contributed by atoms with Gasteiger partial charge in [-0.05, 0) is 43.1 Å². The minimum Gasteiger partial charge on any atom is -0.313 e. The summed E-state index contributed by atoms with van der Waals surface area (Å²) >= 11 is 0. The van der Waals surface area contributed by atoms with E-state index in [2.05, 4.69) is 26.1 Å². The summed E-state index contributed by atoms with van der Waals surface area (Å²) in [5.74, 6) is 1.99. The Hall–Kier alpha value is -0.0400. The number of rotatable bonds is 3. The van der Waals surface area contributed by atoms with Gasteiger partial charge < -0.3 is 5.32 Å². The zero-order chi connectivity index (χ0) is 9.47. The fraction of sp³-hybridized carbons (Fsp3) is 1.00. The summed E-state index contributed by atoms with van der Waals surface area (Å²) in [6.45, 7) is 8.46. The molecule has 0 aromatic rings. The van der Waals surface area contributed by atoms with Crippen LogP contribution in [0.5, 0.6) is 0 Å². The molecule has 0 aromatic carbocycles. The van der Waals surface area contributed by atoms with Crippen LogP contribution in [-0.4, -0.2) is 12.6 Å². The predicted molar refractivity (Wildman–Crippen MR) is 56.7 cm³/mol. The standard InChI is InChI=1S/C12H23N/c1-9-7-10(9)8-13-11-5-4-6-12(11,2)3/h9-11,13H,4-8H2,1-3H3. The minimum atomic E-state index is 0.554. The zero-order valence-electron chi connectivity index (χ0n) is 9.27. The Balaban J connectivity index is 1.75. The first-order valence-electron chi connectivity index (χ1n) is 5.83. The quantitative estimate of drug-likeness (QED) is 0.706. The highest BCUT2D eigenvalue weighted by Crippen LogP contribution is 2.40. The van der Waals surface area contributed by atoms with Gasteiger partial charge in [-0.15, -0.1) is 0 Å². The van der Waals surface area contributed by atoms with Crippen LogP contribution in [0.15, 0.2) is 0 Å². The first kappa shape index (κ1) is 9.51. The van der Waals surface area contributed by atoms with Crippen molar-refractivity contribution >= 4 is 0 Å². The fourth-order valence-corrected chi connectivity index (χ4v) is 2.68. The summed E-state index contributed by atoms with van der Waals surface area (Å²) < 4.78 is 0. The van der Waals surface area contributed by atoms with Crippen molar-refractivity contribution in [1.82, 2.24) is 5.32 Å². The third-order valence-electron chi connectivity index (χ3n) is 4.16. The van der Waals surface area contributed by atoms with Crippen LogP contribution in [0.3, 0.4) is 0 Å². The summed E-state index contributed by atoms with van der Waals surface area (Å²) in [5, 5.41) is 3.76. The zero-order valence-corrected chi connectivity index (χ0v) is 9.27. The molecule has 0 radical (unpaired) electrons. The lowest BCUT2D eigenvalue weighted by atomic mass is 9.87. The smallest absolute Gasteiger partial charge is 0.0118 e. The van der Waals surface area contributed by atoms with E-state index in [4.69, 9.17) is 0 Å². The van der Waals surface area contributed by atoms with Gasteiger partial charge in [-0.3, -0.25) is 0 Å². The molecule has 2 fully saturated rings. The summed E-state index contributed by atoms with van der Waals surface area (Å²) in [4.78, 5) is 0. The largest absolute Gasteiger partial charge is 0.313 e. The second kappa shape index (κ2) is 3.27. The third kappa shape index (κ3) is 2.07. The monoisotopic (exact) mass is 181 g/mol. The molecule has 3 unspecified atom stereocenters. The van der Waals surface area contributed by atoms with E-state index in [1.54, 1.807) is 0 Å². The lowest BCUT2D eigenvalue weighted by Gasteiger charge is -2.28. The van der Waals surface area contributed by atoms with E-state index in [1.807, 2.05) is 0 Å². The molecule has 3 atom stereocenters. The molecule has 0 bridgehead atoms. The SMILES string of the molecule is CC1CC1CNC1CCCC1(C)C. The van der Waals surface area contributed by atoms with Crippen molar-refractivity contribution in [3.8, 4) is 0 Å². The van der Waals surface area contributed by atoms with Crippen molar-refractivity contribution in [2.75, 3.05) is 6.54 Å². The van der Waals surface area contributed by atoms with Crippen molar-refractivity contribution in [1.29, 1.82) is 0 Å². The third-order valence-corrected chi connectivity index (χ3v) is 4.16. The second-order valence-electron chi connectivity index (χ2n) is 5.81. The summed E-state index contributed by atoms with van der Waals surface area (Å²) in [6.07, 6.45) is 5.68. The Labute approximate surface area is 82.3 Å². The molecular weight excluding hydrogens is 158 g/mol. The van der Waals surface area contributed by atoms with Gasteiger partial charge in [-0.2, -0.15) is 0 Å². The molecule has 76 valence electrons. The first-order valence-corrected chi connectivity index (χ1v) is 5.83. The molecule has 0 aliphatic heterocycles. The molecule has 0 spiro atoms. The minimum absolute atomic E-state index is 0.554. The number of nitrogens with one attached hydrogen (secondary N) is 1. The van der Waals surface area contributed by atoms with Crippen LogP contribution in [-0.2, 0) is 0 Å². The van der Waals surface area contributed by atoms with Crippen LogP contribution in [0.2, 0.25) is 0 Å². The molecule has 0 saturated heterocycles. The van der Waals surface area contributed by atoms with E-state index < -0.39 is 0 Å². The summed E-state index contributed by atoms with van der Waals surface area (Å²) in [6, 6.07) is 0.792. The molecule has 0 amide bonds. The molecule has 13 heavy (non-hydrogen) atoms. The normalized spacial score (nSPS) is 42.2. The molecule has 2 saturated carbocycles. The number of hydrogen-bond donors (Lipinski definition) is 1. The Kier molecular flexibility index (Phi) is 2.39. The van der Waals surface area contributed by atoms with Crippen molar-refractivity contribution in [3.63, 3.8) is 0 Å². The molecule has 1 heteroatoms. The fourth-order valence-electron chi connectivity index (χ4n) is 2.68. The lowest BCUT2D eigenvalue weighted by molar-refractivity contribution is 0.280. The van der Waals surface area contributed by atoms with Gasteiger partial charge in [0.05, 0.1) is 0 Å². The molecule has 1 N–H and O–H groups in total. The average Bonchev–Trinajstić information content (AvgIpc) is 2.63. The molecule has 0 heterocycles. The Morgan fingerprint density at radius 3 is 2.54 bits per heavy atom. The number of hydrogen-bond acceptors (Lipinski definition) is 1. The Morgan fingerprint density at radius 2 is 2.08 bits per heavy atom. The van der Waals surface area contributed by atoms with Crippen LogP contribution in [0.4, 0.5) is 0 Å². The summed E-state index contributed by atoms with van der Waals surface area (Å²) in [5.41, 5.74) is 0.554. The Morgan fingerprint density at radius 1 is 1.38 bits per heavy atom. The highest BCUT2D eigenvalue weighted by Gasteiger charge is 2.37. The Bertz CT molecular complexity index is 186. The van der Waals surface area contributed by atoms with Crippen LogP contribution >= 0.6 is 0 Å². The van der Waals surface area contributed by atoms with Crippen LogP contribution < -0.4 is 5.32 Å². The molecule has 2 aliphatic rings. The molecule has 0 aromatic heterocycles.